The lowest BCUT2D eigenvalue weighted by Gasteiger charge is -2.07. The minimum absolute atomic E-state index is 0.0649. The normalized spacial score (nSPS) is 10.2. The summed E-state index contributed by atoms with van der Waals surface area (Å²) in [5, 5.41) is 14.2. The van der Waals surface area contributed by atoms with Crippen LogP contribution >= 0.6 is 11.6 Å². The highest BCUT2D eigenvalue weighted by molar-refractivity contribution is 6.32. The van der Waals surface area contributed by atoms with Gasteiger partial charge in [-0.15, -0.1) is 0 Å². The van der Waals surface area contributed by atoms with Crippen LogP contribution in [0.5, 0.6) is 0 Å². The Morgan fingerprint density at radius 1 is 1.21 bits per heavy atom. The summed E-state index contributed by atoms with van der Waals surface area (Å²) in [5.74, 6) is 0. The van der Waals surface area contributed by atoms with Crippen LogP contribution in [0.1, 0.15) is 11.1 Å². The van der Waals surface area contributed by atoms with E-state index in [9.17, 15) is 10.1 Å². The fourth-order valence-corrected chi connectivity index (χ4v) is 1.87. The molecule has 0 aliphatic rings. The first-order chi connectivity index (χ1) is 9.06. The molecule has 0 aliphatic carbocycles. The molecule has 0 bridgehead atoms. The van der Waals surface area contributed by atoms with Crippen molar-refractivity contribution in [3.63, 3.8) is 0 Å². The Morgan fingerprint density at radius 2 is 1.89 bits per heavy atom. The molecular formula is C14H13ClN2O2. The molecule has 98 valence electrons. The summed E-state index contributed by atoms with van der Waals surface area (Å²) in [6, 6.07) is 12.8. The summed E-state index contributed by atoms with van der Waals surface area (Å²) in [6.45, 7) is 2.54. The Morgan fingerprint density at radius 3 is 2.53 bits per heavy atom. The maximum atomic E-state index is 10.8. The van der Waals surface area contributed by atoms with Crippen LogP contribution in [-0.2, 0) is 6.54 Å². The first-order valence-corrected chi connectivity index (χ1v) is 6.17. The smallest absolute Gasteiger partial charge is 0.288 e. The molecule has 5 heteroatoms. The van der Waals surface area contributed by atoms with Crippen molar-refractivity contribution in [3.05, 3.63) is 68.7 Å². The second kappa shape index (κ2) is 5.71. The van der Waals surface area contributed by atoms with E-state index >= 15 is 0 Å². The molecule has 0 unspecified atom stereocenters. The first kappa shape index (κ1) is 13.4. The molecule has 2 aromatic rings. The summed E-state index contributed by atoms with van der Waals surface area (Å²) in [5.41, 5.74) is 2.91. The molecule has 0 radical (unpaired) electrons. The monoisotopic (exact) mass is 276 g/mol. The average Bonchev–Trinajstić information content (AvgIpc) is 2.39. The van der Waals surface area contributed by atoms with Crippen molar-refractivity contribution in [2.24, 2.45) is 0 Å². The zero-order valence-electron chi connectivity index (χ0n) is 10.4. The van der Waals surface area contributed by atoms with E-state index in [1.807, 2.05) is 31.2 Å². The van der Waals surface area contributed by atoms with E-state index in [2.05, 4.69) is 5.32 Å². The lowest BCUT2D eigenvalue weighted by Crippen LogP contribution is -2.00. The van der Waals surface area contributed by atoms with Crippen LogP contribution in [0.15, 0.2) is 42.5 Å². The highest BCUT2D eigenvalue weighted by atomic mass is 35.5. The predicted molar refractivity (Wildman–Crippen MR) is 76.6 cm³/mol. The van der Waals surface area contributed by atoms with Gasteiger partial charge in [0.1, 0.15) is 5.02 Å². The van der Waals surface area contributed by atoms with Gasteiger partial charge in [-0.2, -0.15) is 0 Å². The Hall–Kier alpha value is -2.07. The number of hydrogen-bond acceptors (Lipinski definition) is 3. The maximum absolute atomic E-state index is 10.8. The van der Waals surface area contributed by atoms with Crippen molar-refractivity contribution >= 4 is 23.0 Å². The molecule has 2 aromatic carbocycles. The standard InChI is InChI=1S/C14H13ClN2O2/c1-10-2-5-12(6-3-10)16-9-11-4-7-13(15)14(8-11)17(18)19/h2-8,16H,9H2,1H3. The van der Waals surface area contributed by atoms with Gasteiger partial charge in [0.05, 0.1) is 4.92 Å². The quantitative estimate of drug-likeness (QED) is 0.673. The fraction of sp³-hybridized carbons (Fsp3) is 0.143. The Labute approximate surface area is 116 Å². The number of benzene rings is 2. The van der Waals surface area contributed by atoms with Crippen molar-refractivity contribution in [1.82, 2.24) is 0 Å². The summed E-state index contributed by atoms with van der Waals surface area (Å²) >= 11 is 5.76. The summed E-state index contributed by atoms with van der Waals surface area (Å²) < 4.78 is 0. The molecular weight excluding hydrogens is 264 g/mol. The molecule has 1 N–H and O–H groups in total. The number of nitrogens with one attached hydrogen (secondary N) is 1. The van der Waals surface area contributed by atoms with Crippen molar-refractivity contribution in [3.8, 4) is 0 Å². The van der Waals surface area contributed by atoms with E-state index in [1.54, 1.807) is 12.1 Å². The number of nitro benzene ring substituents is 1. The molecule has 0 aromatic heterocycles. The largest absolute Gasteiger partial charge is 0.381 e. The SMILES string of the molecule is Cc1ccc(NCc2ccc(Cl)c([N+](=O)[O-])c2)cc1. The molecule has 0 aliphatic heterocycles. The zero-order chi connectivity index (χ0) is 13.8. The van der Waals surface area contributed by atoms with E-state index in [4.69, 9.17) is 11.6 Å². The topological polar surface area (TPSA) is 55.2 Å². The number of nitro groups is 1. The van der Waals surface area contributed by atoms with Crippen molar-refractivity contribution < 1.29 is 4.92 Å². The van der Waals surface area contributed by atoms with Crippen LogP contribution in [-0.4, -0.2) is 4.92 Å². The first-order valence-electron chi connectivity index (χ1n) is 5.79. The van der Waals surface area contributed by atoms with Crippen LogP contribution < -0.4 is 5.32 Å². The highest BCUT2D eigenvalue weighted by Crippen LogP contribution is 2.25. The molecule has 2 rings (SSSR count). The molecule has 0 saturated heterocycles. The van der Waals surface area contributed by atoms with Crippen LogP contribution in [0.25, 0.3) is 0 Å². The van der Waals surface area contributed by atoms with Gasteiger partial charge in [0, 0.05) is 18.3 Å². The minimum Gasteiger partial charge on any atom is -0.381 e. The summed E-state index contributed by atoms with van der Waals surface area (Å²) in [4.78, 5) is 10.3. The van der Waals surface area contributed by atoms with Crippen LogP contribution in [0, 0.1) is 17.0 Å². The number of rotatable bonds is 4. The average molecular weight is 277 g/mol. The van der Waals surface area contributed by atoms with Gasteiger partial charge >= 0.3 is 0 Å². The summed E-state index contributed by atoms with van der Waals surface area (Å²) in [7, 11) is 0. The highest BCUT2D eigenvalue weighted by Gasteiger charge is 2.12. The molecule has 0 saturated carbocycles. The maximum Gasteiger partial charge on any atom is 0.288 e. The van der Waals surface area contributed by atoms with E-state index in [1.165, 1.54) is 11.6 Å². The minimum atomic E-state index is -0.474. The third-order valence-electron chi connectivity index (χ3n) is 2.76. The molecule has 0 amide bonds. The van der Waals surface area contributed by atoms with E-state index in [0.717, 1.165) is 11.3 Å². The van der Waals surface area contributed by atoms with Crippen molar-refractivity contribution in [1.29, 1.82) is 0 Å². The fourth-order valence-electron chi connectivity index (χ4n) is 1.68. The number of nitrogens with zero attached hydrogens (tertiary/aromatic N) is 1. The summed E-state index contributed by atoms with van der Waals surface area (Å²) in [6.07, 6.45) is 0. The second-order valence-electron chi connectivity index (χ2n) is 4.26. The van der Waals surface area contributed by atoms with Gasteiger partial charge in [-0.3, -0.25) is 10.1 Å². The zero-order valence-corrected chi connectivity index (χ0v) is 11.1. The molecule has 0 spiro atoms. The number of hydrogen-bond donors (Lipinski definition) is 1. The lowest BCUT2D eigenvalue weighted by molar-refractivity contribution is -0.384. The van der Waals surface area contributed by atoms with Gasteiger partial charge in [-0.05, 0) is 30.7 Å². The lowest BCUT2D eigenvalue weighted by atomic mass is 10.2. The van der Waals surface area contributed by atoms with Crippen LogP contribution in [0.2, 0.25) is 5.02 Å². The van der Waals surface area contributed by atoms with Crippen LogP contribution in [0.4, 0.5) is 11.4 Å². The Bertz CT molecular complexity index is 597. The Kier molecular flexibility index (Phi) is 4.02. The molecule has 4 nitrogen and oxygen atoms in total. The van der Waals surface area contributed by atoms with Crippen LogP contribution in [0.3, 0.4) is 0 Å². The molecule has 0 atom stereocenters. The predicted octanol–water partition coefficient (Wildman–Crippen LogP) is 4.17. The van der Waals surface area contributed by atoms with Gasteiger partial charge in [-0.1, -0.05) is 35.4 Å². The third kappa shape index (κ3) is 3.45. The third-order valence-corrected chi connectivity index (χ3v) is 3.08. The molecule has 0 fully saturated rings. The number of halogens is 1. The Balaban J connectivity index is 2.09. The number of aryl methyl sites for hydroxylation is 1. The van der Waals surface area contributed by atoms with Gasteiger partial charge in [0.2, 0.25) is 0 Å². The number of anilines is 1. The van der Waals surface area contributed by atoms with Gasteiger partial charge in [0.15, 0.2) is 0 Å². The van der Waals surface area contributed by atoms with Crippen molar-refractivity contribution in [2.75, 3.05) is 5.32 Å². The molecule has 19 heavy (non-hydrogen) atoms. The van der Waals surface area contributed by atoms with E-state index in [-0.39, 0.29) is 10.7 Å². The second-order valence-corrected chi connectivity index (χ2v) is 4.67. The van der Waals surface area contributed by atoms with E-state index in [0.29, 0.717) is 6.54 Å². The van der Waals surface area contributed by atoms with Gasteiger partial charge in [-0.25, -0.2) is 0 Å². The van der Waals surface area contributed by atoms with Gasteiger partial charge < -0.3 is 5.32 Å². The molecule has 0 heterocycles. The van der Waals surface area contributed by atoms with Gasteiger partial charge in [0.25, 0.3) is 5.69 Å². The van der Waals surface area contributed by atoms with Crippen molar-refractivity contribution in [2.45, 2.75) is 13.5 Å². The van der Waals surface area contributed by atoms with E-state index < -0.39 is 4.92 Å².